The van der Waals surface area contributed by atoms with E-state index in [1.165, 1.54) is 0 Å². The minimum Gasteiger partial charge on any atom is -0.368 e. The normalized spacial score (nSPS) is 14.3. The minimum atomic E-state index is 0.0874. The fourth-order valence-electron chi connectivity index (χ4n) is 2.86. The highest BCUT2D eigenvalue weighted by Crippen LogP contribution is 2.26. The molecular weight excluding hydrogens is 434 g/mol. The average molecular weight is 453 g/mol. The van der Waals surface area contributed by atoms with Gasteiger partial charge in [-0.1, -0.05) is 27.5 Å². The van der Waals surface area contributed by atoms with Gasteiger partial charge in [-0.05, 0) is 61.6 Å². The fraction of sp³-hybridized carbons (Fsp3) is 0.263. The third-order valence-corrected chi connectivity index (χ3v) is 5.54. The zero-order valence-electron chi connectivity index (χ0n) is 14.3. The van der Waals surface area contributed by atoms with Crippen LogP contribution in [0.4, 0.5) is 11.4 Å². The van der Waals surface area contributed by atoms with Crippen LogP contribution in [0.15, 0.2) is 46.9 Å². The second-order valence-corrected chi connectivity index (χ2v) is 7.84. The number of benzene rings is 2. The lowest BCUT2D eigenvalue weighted by Gasteiger charge is -2.37. The maximum atomic E-state index is 11.4. The molecule has 0 spiro atoms. The Bertz CT molecular complexity index is 820. The molecule has 3 rings (SSSR count). The van der Waals surface area contributed by atoms with Gasteiger partial charge in [-0.25, -0.2) is 0 Å². The predicted molar refractivity (Wildman–Crippen MR) is 116 cm³/mol. The molecule has 4 nitrogen and oxygen atoms in total. The summed E-state index contributed by atoms with van der Waals surface area (Å²) >= 11 is 15.2. The summed E-state index contributed by atoms with van der Waals surface area (Å²) in [5.41, 5.74) is 2.68. The number of piperazine rings is 1. The van der Waals surface area contributed by atoms with E-state index in [1.54, 1.807) is 6.92 Å². The van der Waals surface area contributed by atoms with Crippen molar-refractivity contribution in [2.24, 2.45) is 0 Å². The van der Waals surface area contributed by atoms with Gasteiger partial charge in [-0.15, -0.1) is 0 Å². The summed E-state index contributed by atoms with van der Waals surface area (Å²) in [6.07, 6.45) is 0. The SMILES string of the molecule is CC(=O)c1ccc(N2CCN(C(=S)Nc3ccc(Br)cc3Cl)CC2)cc1. The zero-order chi connectivity index (χ0) is 18.7. The van der Waals surface area contributed by atoms with Gasteiger partial charge in [0.15, 0.2) is 10.9 Å². The molecule has 0 atom stereocenters. The lowest BCUT2D eigenvalue weighted by molar-refractivity contribution is 0.101. The van der Waals surface area contributed by atoms with Gasteiger partial charge in [-0.3, -0.25) is 4.79 Å². The first-order valence-corrected chi connectivity index (χ1v) is 9.89. The van der Waals surface area contributed by atoms with Gasteiger partial charge in [0.05, 0.1) is 10.7 Å². The Hall–Kier alpha value is -1.63. The third-order valence-electron chi connectivity index (χ3n) is 4.38. The third kappa shape index (κ3) is 4.55. The highest BCUT2D eigenvalue weighted by Gasteiger charge is 2.20. The number of hydrogen-bond donors (Lipinski definition) is 1. The molecule has 0 unspecified atom stereocenters. The van der Waals surface area contributed by atoms with Crippen LogP contribution in [0.3, 0.4) is 0 Å². The Kier molecular flexibility index (Phi) is 6.16. The molecule has 1 heterocycles. The van der Waals surface area contributed by atoms with E-state index in [4.69, 9.17) is 23.8 Å². The summed E-state index contributed by atoms with van der Waals surface area (Å²) in [6.45, 7) is 4.98. The van der Waals surface area contributed by atoms with Gasteiger partial charge >= 0.3 is 0 Å². The Morgan fingerprint density at radius 1 is 1.12 bits per heavy atom. The molecule has 2 aromatic carbocycles. The van der Waals surface area contributed by atoms with Crippen LogP contribution in [0.25, 0.3) is 0 Å². The quantitative estimate of drug-likeness (QED) is 0.533. The largest absolute Gasteiger partial charge is 0.368 e. The van der Waals surface area contributed by atoms with Gasteiger partial charge in [0, 0.05) is 41.9 Å². The van der Waals surface area contributed by atoms with Gasteiger partial charge in [0.25, 0.3) is 0 Å². The van der Waals surface area contributed by atoms with Crippen LogP contribution in [0.5, 0.6) is 0 Å². The molecule has 1 fully saturated rings. The van der Waals surface area contributed by atoms with Crippen molar-refractivity contribution < 1.29 is 4.79 Å². The molecule has 2 aromatic rings. The Balaban J connectivity index is 1.57. The Labute approximate surface area is 172 Å². The maximum absolute atomic E-state index is 11.4. The molecule has 0 saturated carbocycles. The average Bonchev–Trinajstić information content (AvgIpc) is 2.64. The molecule has 7 heteroatoms. The highest BCUT2D eigenvalue weighted by atomic mass is 79.9. The summed E-state index contributed by atoms with van der Waals surface area (Å²) in [5, 5.41) is 4.54. The van der Waals surface area contributed by atoms with Crippen molar-refractivity contribution >= 4 is 62.0 Å². The van der Waals surface area contributed by atoms with E-state index in [2.05, 4.69) is 31.0 Å². The van der Waals surface area contributed by atoms with E-state index in [1.807, 2.05) is 42.5 Å². The van der Waals surface area contributed by atoms with E-state index in [0.29, 0.717) is 10.1 Å². The van der Waals surface area contributed by atoms with E-state index in [-0.39, 0.29) is 5.78 Å². The monoisotopic (exact) mass is 451 g/mol. The number of thiocarbonyl (C=S) groups is 1. The first kappa shape index (κ1) is 19.1. The summed E-state index contributed by atoms with van der Waals surface area (Å²) in [6, 6.07) is 13.5. The number of nitrogens with zero attached hydrogens (tertiary/aromatic N) is 2. The second-order valence-electron chi connectivity index (χ2n) is 6.13. The van der Waals surface area contributed by atoms with Crippen LogP contribution in [0.2, 0.25) is 5.02 Å². The van der Waals surface area contributed by atoms with Gasteiger partial charge in [0.2, 0.25) is 0 Å². The first-order valence-electron chi connectivity index (χ1n) is 8.31. The minimum absolute atomic E-state index is 0.0874. The van der Waals surface area contributed by atoms with Crippen LogP contribution in [0.1, 0.15) is 17.3 Å². The lowest BCUT2D eigenvalue weighted by Crippen LogP contribution is -2.50. The molecule has 0 radical (unpaired) electrons. The molecule has 26 heavy (non-hydrogen) atoms. The molecule has 0 bridgehead atoms. The number of hydrogen-bond acceptors (Lipinski definition) is 3. The van der Waals surface area contributed by atoms with Crippen molar-refractivity contribution in [3.63, 3.8) is 0 Å². The Morgan fingerprint density at radius 3 is 2.35 bits per heavy atom. The van der Waals surface area contributed by atoms with Crippen LogP contribution >= 0.6 is 39.7 Å². The molecule has 1 N–H and O–H groups in total. The van der Waals surface area contributed by atoms with Crippen molar-refractivity contribution in [1.29, 1.82) is 0 Å². The van der Waals surface area contributed by atoms with Crippen molar-refractivity contribution in [3.05, 3.63) is 57.5 Å². The van der Waals surface area contributed by atoms with E-state index >= 15 is 0 Å². The zero-order valence-corrected chi connectivity index (χ0v) is 17.5. The predicted octanol–water partition coefficient (Wildman–Crippen LogP) is 4.82. The van der Waals surface area contributed by atoms with Crippen LogP contribution in [-0.2, 0) is 0 Å². The topological polar surface area (TPSA) is 35.6 Å². The number of halogens is 2. The number of ketones is 1. The summed E-state index contributed by atoms with van der Waals surface area (Å²) in [7, 11) is 0. The summed E-state index contributed by atoms with van der Waals surface area (Å²) in [4.78, 5) is 15.8. The number of Topliss-reactive ketones (excluding diaryl/α,β-unsaturated/α-hetero) is 1. The number of rotatable bonds is 3. The number of anilines is 2. The van der Waals surface area contributed by atoms with Crippen LogP contribution in [0, 0.1) is 0 Å². The first-order chi connectivity index (χ1) is 12.4. The standard InChI is InChI=1S/C19H19BrClN3OS/c1-13(25)14-2-5-16(6-3-14)23-8-10-24(11-9-23)19(26)22-18-7-4-15(20)12-17(18)21/h2-7,12H,8-11H2,1H3,(H,22,26). The molecule has 136 valence electrons. The second kappa shape index (κ2) is 8.37. The van der Waals surface area contributed by atoms with E-state index in [9.17, 15) is 4.79 Å². The summed E-state index contributed by atoms with van der Waals surface area (Å²) < 4.78 is 0.934. The summed E-state index contributed by atoms with van der Waals surface area (Å²) in [5.74, 6) is 0.0874. The molecule has 0 amide bonds. The van der Waals surface area contributed by atoms with Crippen LogP contribution < -0.4 is 10.2 Å². The van der Waals surface area contributed by atoms with E-state index < -0.39 is 0 Å². The van der Waals surface area contributed by atoms with Gasteiger partial charge in [-0.2, -0.15) is 0 Å². The fourth-order valence-corrected chi connectivity index (χ4v) is 3.87. The van der Waals surface area contributed by atoms with Gasteiger partial charge in [0.1, 0.15) is 0 Å². The highest BCUT2D eigenvalue weighted by molar-refractivity contribution is 9.10. The smallest absolute Gasteiger partial charge is 0.173 e. The molecule has 1 aliphatic rings. The van der Waals surface area contributed by atoms with Crippen molar-refractivity contribution in [2.45, 2.75) is 6.92 Å². The maximum Gasteiger partial charge on any atom is 0.173 e. The Morgan fingerprint density at radius 2 is 1.77 bits per heavy atom. The van der Waals surface area contributed by atoms with Crippen molar-refractivity contribution in [2.75, 3.05) is 36.4 Å². The number of carbonyl (C=O) groups excluding carboxylic acids is 1. The molecule has 0 aromatic heterocycles. The van der Waals surface area contributed by atoms with Crippen LogP contribution in [-0.4, -0.2) is 42.0 Å². The number of carbonyl (C=O) groups is 1. The molecule has 1 aliphatic heterocycles. The van der Waals surface area contributed by atoms with E-state index in [0.717, 1.165) is 47.6 Å². The number of nitrogens with one attached hydrogen (secondary N) is 1. The van der Waals surface area contributed by atoms with Crippen molar-refractivity contribution in [3.8, 4) is 0 Å². The lowest BCUT2D eigenvalue weighted by atomic mass is 10.1. The van der Waals surface area contributed by atoms with Crippen molar-refractivity contribution in [1.82, 2.24) is 4.90 Å². The molecule has 1 saturated heterocycles. The molecular formula is C19H19BrClN3OS. The molecule has 0 aliphatic carbocycles. The van der Waals surface area contributed by atoms with Gasteiger partial charge < -0.3 is 15.1 Å².